The minimum absolute atomic E-state index is 0.164. The van der Waals surface area contributed by atoms with Gasteiger partial charge in [-0.1, -0.05) is 41.9 Å². The molecule has 0 aliphatic heterocycles. The summed E-state index contributed by atoms with van der Waals surface area (Å²) in [5, 5.41) is 11.9. The molecule has 1 N–H and O–H groups in total. The van der Waals surface area contributed by atoms with Crippen LogP contribution in [0.15, 0.2) is 61.1 Å². The number of aromatic nitrogens is 5. The summed E-state index contributed by atoms with van der Waals surface area (Å²) in [7, 11) is 0. The van der Waals surface area contributed by atoms with Crippen molar-refractivity contribution in [3.05, 3.63) is 88.5 Å². The number of ether oxygens (including phenoxy) is 1. The number of benzene rings is 2. The number of halogens is 1. The van der Waals surface area contributed by atoms with Crippen LogP contribution in [0.1, 0.15) is 27.2 Å². The molecule has 0 spiro atoms. The summed E-state index contributed by atoms with van der Waals surface area (Å²) >= 11 is 6.18. The van der Waals surface area contributed by atoms with E-state index in [1.54, 1.807) is 23.3 Å². The number of anilines is 1. The molecule has 8 nitrogen and oxygen atoms in total. The van der Waals surface area contributed by atoms with E-state index in [-0.39, 0.29) is 18.4 Å². The van der Waals surface area contributed by atoms with E-state index in [1.807, 2.05) is 56.3 Å². The molecule has 0 aliphatic rings. The van der Waals surface area contributed by atoms with E-state index < -0.39 is 5.91 Å². The summed E-state index contributed by atoms with van der Waals surface area (Å²) < 4.78 is 8.96. The molecule has 2 heterocycles. The van der Waals surface area contributed by atoms with Gasteiger partial charge in [-0.05, 0) is 48.7 Å². The second-order valence-electron chi connectivity index (χ2n) is 7.09. The molecule has 0 saturated heterocycles. The predicted molar refractivity (Wildman–Crippen MR) is 117 cm³/mol. The number of nitrogens with one attached hydrogen (secondary N) is 1. The van der Waals surface area contributed by atoms with E-state index in [4.69, 9.17) is 16.3 Å². The highest BCUT2D eigenvalue weighted by Crippen LogP contribution is 2.26. The van der Waals surface area contributed by atoms with Crippen LogP contribution in [0.4, 0.5) is 5.95 Å². The molecule has 4 rings (SSSR count). The van der Waals surface area contributed by atoms with Gasteiger partial charge in [-0.25, -0.2) is 14.3 Å². The number of amides is 1. The van der Waals surface area contributed by atoms with Crippen LogP contribution >= 0.6 is 11.6 Å². The smallest absolute Gasteiger partial charge is 0.278 e. The monoisotopic (exact) mass is 436 g/mol. The number of hydrogen-bond acceptors (Lipinski definition) is 5. The molecule has 0 unspecified atom stereocenters. The standard InChI is InChI=1S/C22H21ClN6O2/c1-15-10-18(11-16(2)20(15)23)31-14-28-9-8-19(26-28)21(30)25-22-24-13-29(27-22)12-17-6-4-3-5-7-17/h3-11,13H,12,14H2,1-2H3,(H,25,27,30). The highest BCUT2D eigenvalue weighted by Gasteiger charge is 2.13. The molecule has 0 atom stereocenters. The molecular formula is C22H21ClN6O2. The fraction of sp³-hybridized carbons (Fsp3) is 0.182. The van der Waals surface area contributed by atoms with Gasteiger partial charge in [0.15, 0.2) is 12.4 Å². The Kier molecular flexibility index (Phi) is 5.99. The third-order valence-electron chi connectivity index (χ3n) is 4.60. The maximum absolute atomic E-state index is 12.5. The normalized spacial score (nSPS) is 10.8. The van der Waals surface area contributed by atoms with Gasteiger partial charge >= 0.3 is 0 Å². The second kappa shape index (κ2) is 9.01. The first-order chi connectivity index (χ1) is 15.0. The minimum atomic E-state index is -0.394. The molecule has 31 heavy (non-hydrogen) atoms. The molecular weight excluding hydrogens is 416 g/mol. The Hall–Kier alpha value is -3.65. The van der Waals surface area contributed by atoms with Crippen molar-refractivity contribution in [2.75, 3.05) is 5.32 Å². The third-order valence-corrected chi connectivity index (χ3v) is 5.19. The quantitative estimate of drug-likeness (QED) is 0.471. The first-order valence-electron chi connectivity index (χ1n) is 9.65. The fourth-order valence-electron chi connectivity index (χ4n) is 3.05. The van der Waals surface area contributed by atoms with Crippen LogP contribution in [0, 0.1) is 13.8 Å². The molecule has 158 valence electrons. The summed E-state index contributed by atoms with van der Waals surface area (Å²) in [5.41, 5.74) is 3.22. The van der Waals surface area contributed by atoms with Crippen LogP contribution in [-0.4, -0.2) is 30.5 Å². The fourth-order valence-corrected chi connectivity index (χ4v) is 3.16. The highest BCUT2D eigenvalue weighted by atomic mass is 35.5. The maximum Gasteiger partial charge on any atom is 0.278 e. The van der Waals surface area contributed by atoms with E-state index in [2.05, 4.69) is 20.5 Å². The molecule has 4 aromatic rings. The van der Waals surface area contributed by atoms with Gasteiger partial charge in [0, 0.05) is 11.2 Å². The molecule has 2 aromatic carbocycles. The van der Waals surface area contributed by atoms with Crippen LogP contribution in [0.2, 0.25) is 5.02 Å². The maximum atomic E-state index is 12.5. The lowest BCUT2D eigenvalue weighted by Gasteiger charge is -2.10. The lowest BCUT2D eigenvalue weighted by Crippen LogP contribution is -2.15. The molecule has 2 aromatic heterocycles. The highest BCUT2D eigenvalue weighted by molar-refractivity contribution is 6.32. The van der Waals surface area contributed by atoms with Gasteiger partial charge in [0.1, 0.15) is 12.1 Å². The van der Waals surface area contributed by atoms with Crippen molar-refractivity contribution >= 4 is 23.5 Å². The molecule has 1 amide bonds. The van der Waals surface area contributed by atoms with E-state index in [0.717, 1.165) is 21.7 Å². The average Bonchev–Trinajstić information content (AvgIpc) is 3.41. The van der Waals surface area contributed by atoms with E-state index in [1.165, 1.54) is 4.68 Å². The summed E-state index contributed by atoms with van der Waals surface area (Å²) in [5.74, 6) is 0.516. The molecule has 0 aliphatic carbocycles. The van der Waals surface area contributed by atoms with Crippen LogP contribution in [0.25, 0.3) is 0 Å². The van der Waals surface area contributed by atoms with E-state index in [9.17, 15) is 4.79 Å². The minimum Gasteiger partial charge on any atom is -0.471 e. The van der Waals surface area contributed by atoms with Crippen molar-refractivity contribution in [1.82, 2.24) is 24.5 Å². The van der Waals surface area contributed by atoms with Gasteiger partial charge in [-0.3, -0.25) is 10.1 Å². The molecule has 0 fully saturated rings. The van der Waals surface area contributed by atoms with Crippen molar-refractivity contribution in [1.29, 1.82) is 0 Å². The Balaban J connectivity index is 1.34. The first-order valence-corrected chi connectivity index (χ1v) is 10.0. The van der Waals surface area contributed by atoms with Gasteiger partial charge < -0.3 is 4.74 Å². The molecule has 0 bridgehead atoms. The number of nitrogens with zero attached hydrogens (tertiary/aromatic N) is 5. The van der Waals surface area contributed by atoms with Crippen LogP contribution in [-0.2, 0) is 13.3 Å². The number of hydrogen-bond donors (Lipinski definition) is 1. The zero-order valence-electron chi connectivity index (χ0n) is 17.1. The average molecular weight is 437 g/mol. The Morgan fingerprint density at radius 3 is 2.55 bits per heavy atom. The van der Waals surface area contributed by atoms with Crippen molar-refractivity contribution < 1.29 is 9.53 Å². The van der Waals surface area contributed by atoms with Crippen molar-refractivity contribution in [3.63, 3.8) is 0 Å². The van der Waals surface area contributed by atoms with Crippen molar-refractivity contribution in [2.45, 2.75) is 27.1 Å². The predicted octanol–water partition coefficient (Wildman–Crippen LogP) is 4.08. The van der Waals surface area contributed by atoms with Gasteiger partial charge in [0.25, 0.3) is 5.91 Å². The lowest BCUT2D eigenvalue weighted by molar-refractivity contribution is 0.101. The number of rotatable bonds is 7. The zero-order chi connectivity index (χ0) is 21.8. The SMILES string of the molecule is Cc1cc(OCn2ccc(C(=O)Nc3ncn(Cc4ccccc4)n3)n2)cc(C)c1Cl. The number of aryl methyl sites for hydroxylation is 2. The van der Waals surface area contributed by atoms with Crippen LogP contribution < -0.4 is 10.1 Å². The van der Waals surface area contributed by atoms with Crippen molar-refractivity contribution in [2.24, 2.45) is 0 Å². The first kappa shape index (κ1) is 20.6. The Morgan fingerprint density at radius 1 is 1.06 bits per heavy atom. The summed E-state index contributed by atoms with van der Waals surface area (Å²) in [6, 6.07) is 15.2. The second-order valence-corrected chi connectivity index (χ2v) is 7.47. The van der Waals surface area contributed by atoms with E-state index in [0.29, 0.717) is 12.3 Å². The Labute approximate surface area is 184 Å². The summed E-state index contributed by atoms with van der Waals surface area (Å²) in [6.07, 6.45) is 3.25. The summed E-state index contributed by atoms with van der Waals surface area (Å²) in [6.45, 7) is 4.58. The Bertz CT molecular complexity index is 1180. The van der Waals surface area contributed by atoms with Crippen LogP contribution in [0.3, 0.4) is 0 Å². The number of carbonyl (C=O) groups is 1. The van der Waals surface area contributed by atoms with Crippen molar-refractivity contribution in [3.8, 4) is 5.75 Å². The van der Waals surface area contributed by atoms with Gasteiger partial charge in [-0.2, -0.15) is 5.10 Å². The molecule has 9 heteroatoms. The Morgan fingerprint density at radius 2 is 1.81 bits per heavy atom. The topological polar surface area (TPSA) is 86.9 Å². The number of carbonyl (C=O) groups excluding carboxylic acids is 1. The molecule has 0 saturated carbocycles. The summed E-state index contributed by atoms with van der Waals surface area (Å²) in [4.78, 5) is 16.6. The largest absolute Gasteiger partial charge is 0.471 e. The van der Waals surface area contributed by atoms with Gasteiger partial charge in [0.2, 0.25) is 5.95 Å². The van der Waals surface area contributed by atoms with Crippen LogP contribution in [0.5, 0.6) is 5.75 Å². The lowest BCUT2D eigenvalue weighted by atomic mass is 10.1. The third kappa shape index (κ3) is 5.10. The van der Waals surface area contributed by atoms with Gasteiger partial charge in [-0.15, -0.1) is 5.10 Å². The van der Waals surface area contributed by atoms with Gasteiger partial charge in [0.05, 0.1) is 6.54 Å². The van der Waals surface area contributed by atoms with E-state index >= 15 is 0 Å². The molecule has 0 radical (unpaired) electrons. The zero-order valence-corrected chi connectivity index (χ0v) is 17.9.